The Morgan fingerprint density at radius 1 is 0.641 bits per heavy atom. The number of halogens is 6. The van der Waals surface area contributed by atoms with Crippen molar-refractivity contribution < 1.29 is 47.7 Å². The number of sulfonamides is 2. The summed E-state index contributed by atoms with van der Waals surface area (Å²) in [5.74, 6) is 0. The lowest BCUT2D eigenvalue weighted by Gasteiger charge is -2.22. The molecule has 0 bridgehead atoms. The van der Waals surface area contributed by atoms with E-state index in [1.807, 2.05) is 0 Å². The number of hydrogen-bond donors (Lipinski definition) is 0. The van der Waals surface area contributed by atoms with Crippen molar-refractivity contribution in [3.63, 3.8) is 0 Å². The van der Waals surface area contributed by atoms with Crippen LogP contribution < -0.4 is 4.57 Å². The van der Waals surface area contributed by atoms with Gasteiger partial charge in [0, 0.05) is 0 Å². The summed E-state index contributed by atoms with van der Waals surface area (Å²) in [5, 5.41) is 0. The van der Waals surface area contributed by atoms with Crippen molar-refractivity contribution in [3.05, 3.63) is 22.8 Å². The maximum Gasteiger partial charge on any atom is 0.480 e. The summed E-state index contributed by atoms with van der Waals surface area (Å²) in [6.45, 7) is 3.48. The van der Waals surface area contributed by atoms with Crippen LogP contribution in [0.15, 0.2) is 18.7 Å². The number of nitrogens with zero attached hydrogens (tertiary/aromatic N) is 3. The number of unbranched alkanes of at least 4 members (excludes halogenated alkanes) is 15. The van der Waals surface area contributed by atoms with Crippen molar-refractivity contribution in [2.24, 2.45) is 7.05 Å². The first-order valence-corrected chi connectivity index (χ1v) is 16.3. The molecule has 0 fully saturated rings. The van der Waals surface area contributed by atoms with E-state index >= 15 is 0 Å². The second kappa shape index (κ2) is 18.9. The maximum absolute atomic E-state index is 11.4. The van der Waals surface area contributed by atoms with Gasteiger partial charge in [-0.2, -0.15) is 26.3 Å². The van der Waals surface area contributed by atoms with E-state index in [0.29, 0.717) is 0 Å². The Morgan fingerprint density at radius 3 is 1.26 bits per heavy atom. The molecule has 0 atom stereocenters. The summed E-state index contributed by atoms with van der Waals surface area (Å²) in [6.07, 6.45) is 29.5. The molecule has 1 aromatic heterocycles. The molecule has 232 valence electrons. The minimum absolute atomic E-state index is 0.778. The number of alkyl halides is 6. The molecule has 0 aliphatic carbocycles. The van der Waals surface area contributed by atoms with Crippen LogP contribution in [0.4, 0.5) is 26.3 Å². The van der Waals surface area contributed by atoms with Crippen LogP contribution in [0.2, 0.25) is 0 Å². The number of hydrogen-bond acceptors (Lipinski definition) is 4. The highest BCUT2D eigenvalue weighted by molar-refractivity contribution is 8.13. The third-order valence-corrected chi connectivity index (χ3v) is 8.61. The van der Waals surface area contributed by atoms with Crippen molar-refractivity contribution in [1.82, 2.24) is 4.57 Å². The lowest BCUT2D eigenvalue weighted by atomic mass is 10.0. The van der Waals surface area contributed by atoms with E-state index in [0.717, 1.165) is 4.13 Å². The summed E-state index contributed by atoms with van der Waals surface area (Å²) in [5.41, 5.74) is -12.4. The quantitative estimate of drug-likeness (QED) is 0.0909. The zero-order chi connectivity index (χ0) is 30.0. The highest BCUT2D eigenvalue weighted by atomic mass is 32.3. The van der Waals surface area contributed by atoms with E-state index in [2.05, 4.69) is 41.8 Å². The molecule has 15 heteroatoms. The molecule has 1 heterocycles. The zero-order valence-corrected chi connectivity index (χ0v) is 24.4. The van der Waals surface area contributed by atoms with Gasteiger partial charge in [0.05, 0.1) is 13.6 Å². The Morgan fingerprint density at radius 2 is 0.974 bits per heavy atom. The van der Waals surface area contributed by atoms with Gasteiger partial charge in [-0.1, -0.05) is 96.8 Å². The van der Waals surface area contributed by atoms with Gasteiger partial charge in [-0.05, 0) is 12.8 Å². The molecule has 0 spiro atoms. The van der Waals surface area contributed by atoms with Gasteiger partial charge in [0.2, 0.25) is 6.33 Å². The fraction of sp³-hybridized carbons (Fsp3) is 0.875. The molecule has 0 aromatic carbocycles. The predicted molar refractivity (Wildman–Crippen MR) is 138 cm³/mol. The van der Waals surface area contributed by atoms with E-state index in [4.69, 9.17) is 0 Å². The number of rotatable bonds is 19. The van der Waals surface area contributed by atoms with E-state index in [9.17, 15) is 43.2 Å². The molecule has 0 saturated carbocycles. The summed E-state index contributed by atoms with van der Waals surface area (Å²) in [6, 6.07) is 0. The number of aromatic nitrogens is 2. The van der Waals surface area contributed by atoms with Crippen LogP contribution in [0.1, 0.15) is 110 Å². The third kappa shape index (κ3) is 17.9. The van der Waals surface area contributed by atoms with Crippen molar-refractivity contribution >= 4 is 20.0 Å². The van der Waals surface area contributed by atoms with Crippen LogP contribution in [0.3, 0.4) is 0 Å². The van der Waals surface area contributed by atoms with Gasteiger partial charge in [-0.25, -0.2) is 26.0 Å². The maximum atomic E-state index is 11.4. The first-order valence-electron chi connectivity index (χ1n) is 13.4. The van der Waals surface area contributed by atoms with Gasteiger partial charge in [-0.15, -0.1) is 0 Å². The largest absolute Gasteiger partial charge is 0.480 e. The minimum atomic E-state index is -6.72. The second-order valence-electron chi connectivity index (χ2n) is 9.54. The fourth-order valence-corrected chi connectivity index (χ4v) is 5.40. The molecule has 7 nitrogen and oxygen atoms in total. The molecule has 0 unspecified atom stereocenters. The molecule has 0 N–H and O–H groups in total. The van der Waals surface area contributed by atoms with Crippen molar-refractivity contribution in [1.29, 1.82) is 0 Å². The lowest BCUT2D eigenvalue weighted by molar-refractivity contribution is -0.671. The first kappa shape index (κ1) is 37.6. The summed E-state index contributed by atoms with van der Waals surface area (Å²) in [4.78, 5) is 0. The molecule has 0 radical (unpaired) electrons. The zero-order valence-electron chi connectivity index (χ0n) is 22.8. The van der Waals surface area contributed by atoms with Crippen LogP contribution in [-0.4, -0.2) is 32.4 Å². The molecular formula is C24H43F6N3O4S2. The van der Waals surface area contributed by atoms with Gasteiger partial charge in [0.1, 0.15) is 12.4 Å². The standard InChI is InChI=1S/C22H43N2.C2F6NO4S2/c1-3-4-5-6-7-8-9-10-11-12-13-14-15-16-17-18-19-24-21-20-23(2)22-24;3-1(4,5)14(10,11)9-15(12,13)2(6,7)8/h20-22H,3-19H2,1-2H3;/q+1;-1. The molecule has 1 rings (SSSR count). The first-order chi connectivity index (χ1) is 18.0. The Hall–Kier alpha value is -1.35. The summed E-state index contributed by atoms with van der Waals surface area (Å²) in [7, 11) is -11.4. The summed E-state index contributed by atoms with van der Waals surface area (Å²) >= 11 is 0. The molecule has 0 aliphatic heterocycles. The Bertz CT molecular complexity index is 937. The predicted octanol–water partition coefficient (Wildman–Crippen LogP) is 7.63. The summed E-state index contributed by atoms with van der Waals surface area (Å²) < 4.78 is 114. The second-order valence-corrected chi connectivity index (χ2v) is 13.0. The van der Waals surface area contributed by atoms with Crippen LogP contribution in [0.5, 0.6) is 0 Å². The Kier molecular flexibility index (Phi) is 18.2. The number of imidazole rings is 1. The average molecular weight is 616 g/mol. The van der Waals surface area contributed by atoms with E-state index < -0.39 is 31.1 Å². The highest BCUT2D eigenvalue weighted by Crippen LogP contribution is 2.36. The average Bonchev–Trinajstić information content (AvgIpc) is 3.22. The third-order valence-electron chi connectivity index (χ3n) is 5.87. The molecule has 0 saturated heterocycles. The molecular weight excluding hydrogens is 572 g/mol. The Labute approximate surface area is 229 Å². The highest BCUT2D eigenvalue weighted by Gasteiger charge is 2.46. The van der Waals surface area contributed by atoms with E-state index in [1.54, 1.807) is 0 Å². The van der Waals surface area contributed by atoms with Crippen LogP contribution in [0, 0.1) is 0 Å². The van der Waals surface area contributed by atoms with Gasteiger partial charge in [0.25, 0.3) is 0 Å². The van der Waals surface area contributed by atoms with Gasteiger partial charge in [0.15, 0.2) is 20.0 Å². The van der Waals surface area contributed by atoms with Crippen molar-refractivity contribution in [2.45, 2.75) is 127 Å². The molecule has 39 heavy (non-hydrogen) atoms. The minimum Gasteiger partial charge on any atom is -0.421 e. The smallest absolute Gasteiger partial charge is 0.421 e. The molecule has 0 aliphatic rings. The van der Waals surface area contributed by atoms with Crippen LogP contribution in [0.25, 0.3) is 4.13 Å². The van der Waals surface area contributed by atoms with Gasteiger partial charge in [-0.3, -0.25) is 0 Å². The number of aryl methyl sites for hydroxylation is 2. The molecule has 1 aromatic rings. The van der Waals surface area contributed by atoms with Gasteiger partial charge < -0.3 is 4.13 Å². The van der Waals surface area contributed by atoms with Crippen molar-refractivity contribution in [2.75, 3.05) is 0 Å². The Balaban J connectivity index is 0.000000830. The fourth-order valence-electron chi connectivity index (χ4n) is 3.69. The van der Waals surface area contributed by atoms with Crippen LogP contribution in [-0.2, 0) is 33.6 Å². The van der Waals surface area contributed by atoms with E-state index in [1.165, 1.54) is 109 Å². The molecule has 0 amide bonds. The van der Waals surface area contributed by atoms with Crippen molar-refractivity contribution in [3.8, 4) is 0 Å². The normalized spacial score (nSPS) is 12.8. The van der Waals surface area contributed by atoms with Gasteiger partial charge >= 0.3 is 11.0 Å². The monoisotopic (exact) mass is 615 g/mol. The lowest BCUT2D eigenvalue weighted by Crippen LogP contribution is -2.30. The SMILES string of the molecule is CCCCCCCCCCCCCCCCCCn1cc[n+](C)c1.O=S(=O)([N-]S(=O)(=O)C(F)(F)F)C(F)(F)F. The van der Waals surface area contributed by atoms with Crippen LogP contribution >= 0.6 is 0 Å². The van der Waals surface area contributed by atoms with E-state index in [-0.39, 0.29) is 0 Å². The topological polar surface area (TPSA) is 91.2 Å².